The topological polar surface area (TPSA) is 76.5 Å². The number of carbonyl (C=O) groups excluding carboxylic acids is 1. The number of para-hydroxylation sites is 1. The van der Waals surface area contributed by atoms with Crippen molar-refractivity contribution in [3.63, 3.8) is 0 Å². The molecule has 150 valence electrons. The highest BCUT2D eigenvalue weighted by molar-refractivity contribution is 5.91. The van der Waals surface area contributed by atoms with Crippen LogP contribution in [0.1, 0.15) is 43.9 Å². The molecule has 7 nitrogen and oxygen atoms in total. The number of hydrogen-bond acceptors (Lipinski definition) is 5. The minimum atomic E-state index is -0.240. The third-order valence-electron chi connectivity index (χ3n) is 4.88. The fourth-order valence-corrected chi connectivity index (χ4v) is 3.52. The Morgan fingerprint density at radius 2 is 1.96 bits per heavy atom. The van der Waals surface area contributed by atoms with Gasteiger partial charge in [0.05, 0.1) is 12.3 Å². The second-order valence-electron chi connectivity index (χ2n) is 7.39. The highest BCUT2D eigenvalue weighted by Gasteiger charge is 2.21. The Balaban J connectivity index is 1.87. The molecular formula is C21H28N4O3. The van der Waals surface area contributed by atoms with Crippen LogP contribution in [0.3, 0.4) is 0 Å². The molecule has 0 saturated carbocycles. The lowest BCUT2D eigenvalue weighted by atomic mass is 10.0. The smallest absolute Gasteiger partial charge is 0.255 e. The molecule has 2 aromatic rings. The predicted molar refractivity (Wildman–Crippen MR) is 110 cm³/mol. The van der Waals surface area contributed by atoms with Gasteiger partial charge >= 0.3 is 0 Å². The average Bonchev–Trinajstić information content (AvgIpc) is 3.18. The quantitative estimate of drug-likeness (QED) is 0.794. The highest BCUT2D eigenvalue weighted by atomic mass is 16.5. The van der Waals surface area contributed by atoms with E-state index in [2.05, 4.69) is 29.0 Å². The van der Waals surface area contributed by atoms with E-state index in [0.29, 0.717) is 11.6 Å². The van der Waals surface area contributed by atoms with E-state index in [1.54, 1.807) is 7.11 Å². The molecule has 1 aromatic heterocycles. The molecule has 0 radical (unpaired) electrons. The number of ether oxygens (including phenoxy) is 1. The molecule has 1 N–H and O–H groups in total. The van der Waals surface area contributed by atoms with Crippen LogP contribution in [-0.2, 0) is 22.7 Å². The van der Waals surface area contributed by atoms with Crippen molar-refractivity contribution in [3.05, 3.63) is 51.9 Å². The lowest BCUT2D eigenvalue weighted by Gasteiger charge is -2.22. The lowest BCUT2D eigenvalue weighted by molar-refractivity contribution is -0.116. The standard InChI is InChI=1S/C21H28N4O3/c1-15(2)17-8-4-5-9-18(17)23-19(26)13-25-20(27)12-16(14-28-3)22-21(25)24-10-6-7-11-24/h4-5,8-9,12,15H,6-7,10-11,13-14H2,1-3H3,(H,23,26). The Labute approximate surface area is 165 Å². The molecule has 1 aliphatic rings. The summed E-state index contributed by atoms with van der Waals surface area (Å²) >= 11 is 0. The first-order valence-corrected chi connectivity index (χ1v) is 9.73. The Kier molecular flexibility index (Phi) is 6.46. The zero-order chi connectivity index (χ0) is 20.1. The Morgan fingerprint density at radius 3 is 2.64 bits per heavy atom. The Bertz CT molecular complexity index is 885. The maximum Gasteiger partial charge on any atom is 0.255 e. The van der Waals surface area contributed by atoms with Crippen molar-refractivity contribution in [2.75, 3.05) is 30.4 Å². The zero-order valence-corrected chi connectivity index (χ0v) is 16.8. The van der Waals surface area contributed by atoms with Gasteiger partial charge in [-0.2, -0.15) is 0 Å². The van der Waals surface area contributed by atoms with E-state index in [1.165, 1.54) is 10.6 Å². The summed E-state index contributed by atoms with van der Waals surface area (Å²) in [6.45, 7) is 6.03. The molecule has 1 aliphatic heterocycles. The normalized spacial score (nSPS) is 13.9. The minimum Gasteiger partial charge on any atom is -0.378 e. The summed E-state index contributed by atoms with van der Waals surface area (Å²) in [5.41, 5.74) is 2.19. The van der Waals surface area contributed by atoms with Gasteiger partial charge < -0.3 is 15.0 Å². The molecule has 1 amide bonds. The van der Waals surface area contributed by atoms with Crippen molar-refractivity contribution in [1.82, 2.24) is 9.55 Å². The van der Waals surface area contributed by atoms with Crippen LogP contribution < -0.4 is 15.8 Å². The number of rotatable bonds is 7. The molecule has 0 spiro atoms. The van der Waals surface area contributed by atoms with Crippen molar-refractivity contribution >= 4 is 17.5 Å². The van der Waals surface area contributed by atoms with Crippen molar-refractivity contribution < 1.29 is 9.53 Å². The Morgan fingerprint density at radius 1 is 1.25 bits per heavy atom. The fourth-order valence-electron chi connectivity index (χ4n) is 3.52. The van der Waals surface area contributed by atoms with E-state index in [1.807, 2.05) is 24.3 Å². The zero-order valence-electron chi connectivity index (χ0n) is 16.8. The van der Waals surface area contributed by atoms with Crippen LogP contribution in [0.5, 0.6) is 0 Å². The summed E-state index contributed by atoms with van der Waals surface area (Å²) in [4.78, 5) is 32.1. The third kappa shape index (κ3) is 4.59. The van der Waals surface area contributed by atoms with Crippen molar-refractivity contribution in [3.8, 4) is 0 Å². The lowest BCUT2D eigenvalue weighted by Crippen LogP contribution is -2.35. The number of carbonyl (C=O) groups is 1. The number of benzene rings is 1. The van der Waals surface area contributed by atoms with Crippen LogP contribution in [0.25, 0.3) is 0 Å². The molecule has 7 heteroatoms. The summed E-state index contributed by atoms with van der Waals surface area (Å²) in [6, 6.07) is 9.18. The van der Waals surface area contributed by atoms with Crippen LogP contribution in [0.4, 0.5) is 11.6 Å². The maximum atomic E-state index is 12.7. The summed E-state index contributed by atoms with van der Waals surface area (Å²) in [7, 11) is 1.57. The van der Waals surface area contributed by atoms with Gasteiger partial charge in [-0.3, -0.25) is 14.2 Å². The maximum absolute atomic E-state index is 12.7. The van der Waals surface area contributed by atoms with Crippen LogP contribution in [-0.4, -0.2) is 35.7 Å². The summed E-state index contributed by atoms with van der Waals surface area (Å²) in [5, 5.41) is 2.96. The van der Waals surface area contributed by atoms with E-state index < -0.39 is 0 Å². The second kappa shape index (κ2) is 9.01. The molecule has 0 unspecified atom stereocenters. The first-order valence-electron chi connectivity index (χ1n) is 9.73. The van der Waals surface area contributed by atoms with Crippen LogP contribution in [0.15, 0.2) is 35.1 Å². The molecule has 2 heterocycles. The van der Waals surface area contributed by atoms with Gasteiger partial charge in [0.25, 0.3) is 5.56 Å². The number of amides is 1. The molecule has 0 aliphatic carbocycles. The SMILES string of the molecule is COCc1cc(=O)n(CC(=O)Nc2ccccc2C(C)C)c(N2CCCC2)n1. The summed E-state index contributed by atoms with van der Waals surface area (Å²) < 4.78 is 6.58. The van der Waals surface area contributed by atoms with E-state index in [0.717, 1.165) is 37.2 Å². The monoisotopic (exact) mass is 384 g/mol. The fraction of sp³-hybridized carbons (Fsp3) is 0.476. The predicted octanol–water partition coefficient (Wildman–Crippen LogP) is 2.75. The van der Waals surface area contributed by atoms with Crippen molar-refractivity contribution in [2.24, 2.45) is 0 Å². The van der Waals surface area contributed by atoms with Gasteiger partial charge in [0.2, 0.25) is 11.9 Å². The number of aromatic nitrogens is 2. The Hall–Kier alpha value is -2.67. The van der Waals surface area contributed by atoms with E-state index >= 15 is 0 Å². The third-order valence-corrected chi connectivity index (χ3v) is 4.88. The minimum absolute atomic E-state index is 0.0721. The van der Waals surface area contributed by atoms with Gasteiger partial charge in [0, 0.05) is 32.0 Å². The summed E-state index contributed by atoms with van der Waals surface area (Å²) in [6.07, 6.45) is 2.11. The van der Waals surface area contributed by atoms with Crippen molar-refractivity contribution in [1.29, 1.82) is 0 Å². The highest BCUT2D eigenvalue weighted by Crippen LogP contribution is 2.24. The van der Waals surface area contributed by atoms with E-state index in [-0.39, 0.29) is 30.5 Å². The van der Waals surface area contributed by atoms with Gasteiger partial charge in [0.15, 0.2) is 0 Å². The molecule has 0 atom stereocenters. The number of nitrogens with one attached hydrogen (secondary N) is 1. The summed E-state index contributed by atoms with van der Waals surface area (Å²) in [5.74, 6) is 0.593. The van der Waals surface area contributed by atoms with Gasteiger partial charge in [-0.1, -0.05) is 32.0 Å². The van der Waals surface area contributed by atoms with E-state index in [4.69, 9.17) is 4.74 Å². The number of anilines is 2. The van der Waals surface area contributed by atoms with Crippen LogP contribution >= 0.6 is 0 Å². The molecule has 0 bridgehead atoms. The second-order valence-corrected chi connectivity index (χ2v) is 7.39. The molecule has 3 rings (SSSR count). The number of hydrogen-bond donors (Lipinski definition) is 1. The molecule has 1 fully saturated rings. The molecular weight excluding hydrogens is 356 g/mol. The molecule has 1 aromatic carbocycles. The largest absolute Gasteiger partial charge is 0.378 e. The van der Waals surface area contributed by atoms with Gasteiger partial charge in [0.1, 0.15) is 6.54 Å². The average molecular weight is 384 g/mol. The first kappa shape index (κ1) is 20.1. The van der Waals surface area contributed by atoms with Crippen LogP contribution in [0.2, 0.25) is 0 Å². The van der Waals surface area contributed by atoms with E-state index in [9.17, 15) is 9.59 Å². The number of nitrogens with zero attached hydrogens (tertiary/aromatic N) is 3. The molecule has 28 heavy (non-hydrogen) atoms. The van der Waals surface area contributed by atoms with Gasteiger partial charge in [-0.25, -0.2) is 4.98 Å². The van der Waals surface area contributed by atoms with Gasteiger partial charge in [-0.05, 0) is 30.4 Å². The first-order chi connectivity index (χ1) is 13.5. The van der Waals surface area contributed by atoms with Gasteiger partial charge in [-0.15, -0.1) is 0 Å². The molecule has 1 saturated heterocycles. The van der Waals surface area contributed by atoms with Crippen molar-refractivity contribution in [2.45, 2.75) is 45.8 Å². The number of methoxy groups -OCH3 is 1. The van der Waals surface area contributed by atoms with Crippen LogP contribution in [0, 0.1) is 0 Å².